The first-order chi connectivity index (χ1) is 10.8. The summed E-state index contributed by atoms with van der Waals surface area (Å²) < 4.78 is 5.46. The second-order valence-corrected chi connectivity index (χ2v) is 6.90. The van der Waals surface area contributed by atoms with E-state index in [4.69, 9.17) is 9.72 Å². The van der Waals surface area contributed by atoms with Crippen LogP contribution in [0.5, 0.6) is 0 Å². The molecule has 0 aromatic carbocycles. The molecule has 2 saturated heterocycles. The first-order valence-corrected chi connectivity index (χ1v) is 8.72. The summed E-state index contributed by atoms with van der Waals surface area (Å²) in [5.41, 5.74) is 1.11. The SMILES string of the molecule is Cc1cc(N2CCC[C@@H]2CN2CCOCC2)nc(C2CC2)n1. The molecule has 1 aromatic heterocycles. The molecule has 1 atom stereocenters. The van der Waals surface area contributed by atoms with Crippen LogP contribution < -0.4 is 4.90 Å². The highest BCUT2D eigenvalue weighted by molar-refractivity contribution is 5.43. The minimum Gasteiger partial charge on any atom is -0.379 e. The van der Waals surface area contributed by atoms with Crippen LogP contribution in [0.3, 0.4) is 0 Å². The van der Waals surface area contributed by atoms with Crippen LogP contribution in [0.4, 0.5) is 5.82 Å². The first-order valence-electron chi connectivity index (χ1n) is 8.72. The topological polar surface area (TPSA) is 41.5 Å². The maximum Gasteiger partial charge on any atom is 0.134 e. The Kier molecular flexibility index (Phi) is 4.01. The third-order valence-electron chi connectivity index (χ3n) is 5.04. The Balaban J connectivity index is 1.50. The smallest absolute Gasteiger partial charge is 0.134 e. The van der Waals surface area contributed by atoms with Crippen LogP contribution in [0.2, 0.25) is 0 Å². The van der Waals surface area contributed by atoms with Crippen molar-refractivity contribution in [2.75, 3.05) is 44.3 Å². The van der Waals surface area contributed by atoms with Gasteiger partial charge in [-0.3, -0.25) is 4.90 Å². The maximum atomic E-state index is 5.46. The van der Waals surface area contributed by atoms with E-state index in [1.54, 1.807) is 0 Å². The molecule has 5 nitrogen and oxygen atoms in total. The minimum absolute atomic E-state index is 0.597. The summed E-state index contributed by atoms with van der Waals surface area (Å²) in [4.78, 5) is 14.6. The average molecular weight is 302 g/mol. The van der Waals surface area contributed by atoms with Crippen molar-refractivity contribution in [2.45, 2.75) is 44.6 Å². The Morgan fingerprint density at radius 2 is 1.95 bits per heavy atom. The summed E-state index contributed by atoms with van der Waals surface area (Å²) in [5, 5.41) is 0. The van der Waals surface area contributed by atoms with Crippen molar-refractivity contribution < 1.29 is 4.74 Å². The zero-order chi connectivity index (χ0) is 14.9. The Bertz CT molecular complexity index is 525. The van der Waals surface area contributed by atoms with E-state index in [0.717, 1.165) is 56.7 Å². The normalized spacial score (nSPS) is 26.6. The van der Waals surface area contributed by atoms with Gasteiger partial charge in [0.1, 0.15) is 11.6 Å². The van der Waals surface area contributed by atoms with Gasteiger partial charge in [0.15, 0.2) is 0 Å². The molecule has 3 aliphatic rings. The fourth-order valence-corrected chi connectivity index (χ4v) is 3.65. The summed E-state index contributed by atoms with van der Waals surface area (Å²) in [6.45, 7) is 8.28. The van der Waals surface area contributed by atoms with Crippen molar-refractivity contribution in [1.82, 2.24) is 14.9 Å². The molecule has 0 radical (unpaired) electrons. The summed E-state index contributed by atoms with van der Waals surface area (Å²) >= 11 is 0. The van der Waals surface area contributed by atoms with Crippen LogP contribution in [0, 0.1) is 6.92 Å². The second kappa shape index (κ2) is 6.13. The summed E-state index contributed by atoms with van der Waals surface area (Å²) in [6, 6.07) is 2.77. The third-order valence-corrected chi connectivity index (χ3v) is 5.04. The molecule has 0 bridgehead atoms. The molecule has 0 N–H and O–H groups in total. The lowest BCUT2D eigenvalue weighted by Crippen LogP contribution is -2.45. The van der Waals surface area contributed by atoms with Crippen molar-refractivity contribution in [3.63, 3.8) is 0 Å². The van der Waals surface area contributed by atoms with E-state index in [-0.39, 0.29) is 0 Å². The Morgan fingerprint density at radius 1 is 1.14 bits per heavy atom. The number of aromatic nitrogens is 2. The number of anilines is 1. The second-order valence-electron chi connectivity index (χ2n) is 6.90. The van der Waals surface area contributed by atoms with E-state index < -0.39 is 0 Å². The van der Waals surface area contributed by atoms with Gasteiger partial charge in [-0.2, -0.15) is 0 Å². The van der Waals surface area contributed by atoms with Crippen LogP contribution in [-0.4, -0.2) is 60.3 Å². The number of hydrogen-bond donors (Lipinski definition) is 0. The molecular formula is C17H26N4O. The highest BCUT2D eigenvalue weighted by atomic mass is 16.5. The van der Waals surface area contributed by atoms with Gasteiger partial charge in [-0.05, 0) is 32.6 Å². The molecule has 3 fully saturated rings. The summed E-state index contributed by atoms with van der Waals surface area (Å²) in [6.07, 6.45) is 5.08. The van der Waals surface area contributed by atoms with E-state index >= 15 is 0 Å². The van der Waals surface area contributed by atoms with Crippen LogP contribution in [0.15, 0.2) is 6.07 Å². The van der Waals surface area contributed by atoms with Gasteiger partial charge in [0.25, 0.3) is 0 Å². The Labute approximate surface area is 132 Å². The van der Waals surface area contributed by atoms with Crippen LogP contribution in [-0.2, 0) is 4.74 Å². The molecule has 5 heteroatoms. The van der Waals surface area contributed by atoms with Crippen molar-refractivity contribution in [1.29, 1.82) is 0 Å². The molecule has 2 aliphatic heterocycles. The zero-order valence-corrected chi connectivity index (χ0v) is 13.5. The van der Waals surface area contributed by atoms with E-state index in [1.165, 1.54) is 25.7 Å². The molecule has 1 saturated carbocycles. The fourth-order valence-electron chi connectivity index (χ4n) is 3.65. The van der Waals surface area contributed by atoms with Gasteiger partial charge in [-0.1, -0.05) is 0 Å². The van der Waals surface area contributed by atoms with Gasteiger partial charge in [-0.25, -0.2) is 9.97 Å². The van der Waals surface area contributed by atoms with Gasteiger partial charge in [0.05, 0.1) is 13.2 Å². The Hall–Kier alpha value is -1.20. The molecule has 1 aromatic rings. The lowest BCUT2D eigenvalue weighted by Gasteiger charge is -2.33. The third kappa shape index (κ3) is 3.10. The van der Waals surface area contributed by atoms with E-state index in [2.05, 4.69) is 27.8 Å². The minimum atomic E-state index is 0.597. The molecule has 120 valence electrons. The van der Waals surface area contributed by atoms with E-state index in [9.17, 15) is 0 Å². The fraction of sp³-hybridized carbons (Fsp3) is 0.765. The monoisotopic (exact) mass is 302 g/mol. The van der Waals surface area contributed by atoms with Crippen LogP contribution >= 0.6 is 0 Å². The number of ether oxygens (including phenoxy) is 1. The number of rotatable bonds is 4. The van der Waals surface area contributed by atoms with Crippen molar-refractivity contribution in [3.05, 3.63) is 17.6 Å². The predicted octanol–water partition coefficient (Wildman–Crippen LogP) is 1.96. The molecule has 0 unspecified atom stereocenters. The predicted molar refractivity (Wildman–Crippen MR) is 86.4 cm³/mol. The standard InChI is InChI=1S/C17H26N4O/c1-13-11-16(19-17(18-13)14-4-5-14)21-6-2-3-15(21)12-20-7-9-22-10-8-20/h11,14-15H,2-10,12H2,1H3/t15-/m1/s1. The highest BCUT2D eigenvalue weighted by Crippen LogP contribution is 2.39. The summed E-state index contributed by atoms with van der Waals surface area (Å²) in [7, 11) is 0. The molecule has 3 heterocycles. The van der Waals surface area contributed by atoms with Crippen molar-refractivity contribution in [3.8, 4) is 0 Å². The van der Waals surface area contributed by atoms with Gasteiger partial charge in [0, 0.05) is 49.9 Å². The van der Waals surface area contributed by atoms with Crippen molar-refractivity contribution >= 4 is 5.82 Å². The molecule has 0 spiro atoms. The molecule has 22 heavy (non-hydrogen) atoms. The largest absolute Gasteiger partial charge is 0.379 e. The van der Waals surface area contributed by atoms with Crippen molar-refractivity contribution in [2.24, 2.45) is 0 Å². The van der Waals surface area contributed by atoms with Crippen LogP contribution in [0.1, 0.15) is 43.1 Å². The Morgan fingerprint density at radius 3 is 2.73 bits per heavy atom. The number of nitrogens with zero attached hydrogens (tertiary/aromatic N) is 4. The number of aryl methyl sites for hydroxylation is 1. The van der Waals surface area contributed by atoms with E-state index in [1.807, 2.05) is 0 Å². The van der Waals surface area contributed by atoms with E-state index in [0.29, 0.717) is 12.0 Å². The van der Waals surface area contributed by atoms with Gasteiger partial charge in [0.2, 0.25) is 0 Å². The quantitative estimate of drug-likeness (QED) is 0.850. The lowest BCUT2D eigenvalue weighted by atomic mass is 10.2. The average Bonchev–Trinajstić information content (AvgIpc) is 3.28. The summed E-state index contributed by atoms with van der Waals surface area (Å²) in [5.74, 6) is 2.86. The number of hydrogen-bond acceptors (Lipinski definition) is 5. The van der Waals surface area contributed by atoms with Gasteiger partial charge >= 0.3 is 0 Å². The number of morpholine rings is 1. The molecule has 0 amide bonds. The van der Waals surface area contributed by atoms with Gasteiger partial charge in [-0.15, -0.1) is 0 Å². The molecule has 1 aliphatic carbocycles. The molecule has 4 rings (SSSR count). The van der Waals surface area contributed by atoms with Gasteiger partial charge < -0.3 is 9.64 Å². The maximum absolute atomic E-state index is 5.46. The lowest BCUT2D eigenvalue weighted by molar-refractivity contribution is 0.0354. The highest BCUT2D eigenvalue weighted by Gasteiger charge is 2.31. The first kappa shape index (κ1) is 14.4. The van der Waals surface area contributed by atoms with Crippen LogP contribution in [0.25, 0.3) is 0 Å². The zero-order valence-electron chi connectivity index (χ0n) is 13.5. The molecular weight excluding hydrogens is 276 g/mol.